The van der Waals surface area contributed by atoms with Crippen molar-refractivity contribution in [1.29, 1.82) is 0 Å². The van der Waals surface area contributed by atoms with E-state index in [-0.39, 0.29) is 5.82 Å². The van der Waals surface area contributed by atoms with Crippen LogP contribution in [0.1, 0.15) is 76.0 Å². The summed E-state index contributed by atoms with van der Waals surface area (Å²) in [6.07, 6.45) is 12.4. The van der Waals surface area contributed by atoms with E-state index < -0.39 is 0 Å². The summed E-state index contributed by atoms with van der Waals surface area (Å²) < 4.78 is 15.4. The standard InChI is InChI=1S/C25H35FN2O/c1-2-3-6-17-28(25(29)16-13-21-8-4-5-9-21)20-24-10-7-18-27(24)19-22-11-14-23(26)15-12-22/h7,10-12,14-15,18,21H,2-6,8-9,13,16-17,19-20H2,1H3. The molecule has 2 aromatic rings. The third-order valence-electron chi connectivity index (χ3n) is 6.17. The Hall–Kier alpha value is -2.10. The van der Waals surface area contributed by atoms with Crippen molar-refractivity contribution in [3.05, 3.63) is 59.7 Å². The van der Waals surface area contributed by atoms with Crippen LogP contribution in [0.15, 0.2) is 42.6 Å². The lowest BCUT2D eigenvalue weighted by molar-refractivity contribution is -0.132. The molecule has 0 N–H and O–H groups in total. The molecule has 1 aliphatic carbocycles. The Morgan fingerprint density at radius 3 is 2.62 bits per heavy atom. The Labute approximate surface area is 174 Å². The summed E-state index contributed by atoms with van der Waals surface area (Å²) in [4.78, 5) is 15.1. The van der Waals surface area contributed by atoms with E-state index in [0.29, 0.717) is 25.4 Å². The minimum absolute atomic E-state index is 0.212. The molecular weight excluding hydrogens is 363 g/mol. The van der Waals surface area contributed by atoms with Gasteiger partial charge in [0.25, 0.3) is 0 Å². The van der Waals surface area contributed by atoms with Gasteiger partial charge in [-0.2, -0.15) is 0 Å². The molecule has 1 fully saturated rings. The Morgan fingerprint density at radius 1 is 1.14 bits per heavy atom. The van der Waals surface area contributed by atoms with Crippen LogP contribution in [0.3, 0.4) is 0 Å². The summed E-state index contributed by atoms with van der Waals surface area (Å²) in [7, 11) is 0. The number of amides is 1. The molecule has 1 aromatic carbocycles. The zero-order valence-electron chi connectivity index (χ0n) is 17.8. The minimum atomic E-state index is -0.212. The van der Waals surface area contributed by atoms with E-state index in [1.54, 1.807) is 0 Å². The molecule has 0 aliphatic heterocycles. The second-order valence-corrected chi connectivity index (χ2v) is 8.47. The number of aromatic nitrogens is 1. The predicted octanol–water partition coefficient (Wildman–Crippen LogP) is 6.16. The third kappa shape index (κ3) is 6.73. The van der Waals surface area contributed by atoms with Gasteiger partial charge in [-0.1, -0.05) is 57.6 Å². The van der Waals surface area contributed by atoms with Crippen LogP contribution >= 0.6 is 0 Å². The number of hydrogen-bond donors (Lipinski definition) is 0. The van der Waals surface area contributed by atoms with Gasteiger partial charge >= 0.3 is 0 Å². The van der Waals surface area contributed by atoms with Crippen LogP contribution in [0.2, 0.25) is 0 Å². The normalized spacial score (nSPS) is 14.4. The van der Waals surface area contributed by atoms with Gasteiger partial charge in [0.1, 0.15) is 5.82 Å². The van der Waals surface area contributed by atoms with Crippen LogP contribution in [0.25, 0.3) is 0 Å². The molecule has 0 spiro atoms. The van der Waals surface area contributed by atoms with Crippen LogP contribution in [0.5, 0.6) is 0 Å². The fourth-order valence-electron chi connectivity index (χ4n) is 4.36. The summed E-state index contributed by atoms with van der Waals surface area (Å²) >= 11 is 0. The van der Waals surface area contributed by atoms with Crippen molar-refractivity contribution >= 4 is 5.91 Å². The van der Waals surface area contributed by atoms with Crippen molar-refractivity contribution in [2.75, 3.05) is 6.54 Å². The third-order valence-corrected chi connectivity index (χ3v) is 6.17. The van der Waals surface area contributed by atoms with Gasteiger partial charge in [-0.15, -0.1) is 0 Å². The molecule has 1 aliphatic rings. The summed E-state index contributed by atoms with van der Waals surface area (Å²) in [6, 6.07) is 10.8. The number of benzene rings is 1. The molecule has 29 heavy (non-hydrogen) atoms. The van der Waals surface area contributed by atoms with E-state index in [1.807, 2.05) is 24.4 Å². The second kappa shape index (κ2) is 11.2. The lowest BCUT2D eigenvalue weighted by Gasteiger charge is -2.24. The number of nitrogens with zero attached hydrogens (tertiary/aromatic N) is 2. The summed E-state index contributed by atoms with van der Waals surface area (Å²) in [5.41, 5.74) is 2.20. The largest absolute Gasteiger partial charge is 0.345 e. The van der Waals surface area contributed by atoms with Gasteiger partial charge in [-0.25, -0.2) is 4.39 Å². The average molecular weight is 399 g/mol. The number of unbranched alkanes of at least 4 members (excludes halogenated alkanes) is 2. The highest BCUT2D eigenvalue weighted by Gasteiger charge is 2.20. The van der Waals surface area contributed by atoms with Gasteiger partial charge in [0.05, 0.1) is 6.54 Å². The smallest absolute Gasteiger partial charge is 0.222 e. The first-order chi connectivity index (χ1) is 14.2. The van der Waals surface area contributed by atoms with Gasteiger partial charge in [0, 0.05) is 31.4 Å². The molecular formula is C25H35FN2O. The van der Waals surface area contributed by atoms with Crippen LogP contribution in [-0.2, 0) is 17.9 Å². The van der Waals surface area contributed by atoms with Crippen molar-refractivity contribution in [3.63, 3.8) is 0 Å². The van der Waals surface area contributed by atoms with Crippen LogP contribution in [-0.4, -0.2) is 21.9 Å². The Morgan fingerprint density at radius 2 is 1.90 bits per heavy atom. The highest BCUT2D eigenvalue weighted by atomic mass is 19.1. The van der Waals surface area contributed by atoms with E-state index >= 15 is 0 Å². The maximum Gasteiger partial charge on any atom is 0.222 e. The fourth-order valence-corrected chi connectivity index (χ4v) is 4.36. The number of hydrogen-bond acceptors (Lipinski definition) is 1. The van der Waals surface area contributed by atoms with E-state index in [9.17, 15) is 9.18 Å². The molecule has 1 amide bonds. The van der Waals surface area contributed by atoms with Crippen molar-refractivity contribution < 1.29 is 9.18 Å². The summed E-state index contributed by atoms with van der Waals surface area (Å²) in [5.74, 6) is 0.831. The molecule has 1 aromatic heterocycles. The maximum absolute atomic E-state index is 13.2. The van der Waals surface area contributed by atoms with Crippen LogP contribution in [0.4, 0.5) is 4.39 Å². The monoisotopic (exact) mass is 398 g/mol. The lowest BCUT2D eigenvalue weighted by atomic mass is 10.0. The Kier molecular flexibility index (Phi) is 8.33. The van der Waals surface area contributed by atoms with Crippen LogP contribution in [0, 0.1) is 11.7 Å². The zero-order valence-corrected chi connectivity index (χ0v) is 17.8. The number of halogens is 1. The van der Waals surface area contributed by atoms with Gasteiger partial charge < -0.3 is 9.47 Å². The van der Waals surface area contributed by atoms with E-state index in [1.165, 1.54) is 37.8 Å². The van der Waals surface area contributed by atoms with Crippen LogP contribution < -0.4 is 0 Å². The minimum Gasteiger partial charge on any atom is -0.345 e. The molecule has 3 nitrogen and oxygen atoms in total. The molecule has 1 heterocycles. The number of rotatable bonds is 11. The quantitative estimate of drug-likeness (QED) is 0.416. The molecule has 0 saturated heterocycles. The predicted molar refractivity (Wildman–Crippen MR) is 116 cm³/mol. The lowest BCUT2D eigenvalue weighted by Crippen LogP contribution is -2.32. The summed E-state index contributed by atoms with van der Waals surface area (Å²) in [5, 5.41) is 0. The zero-order chi connectivity index (χ0) is 20.5. The first kappa shape index (κ1) is 21.6. The fraction of sp³-hybridized carbons (Fsp3) is 0.560. The van der Waals surface area contributed by atoms with Gasteiger partial charge in [0.15, 0.2) is 0 Å². The SMILES string of the molecule is CCCCCN(Cc1cccn1Cc1ccc(F)cc1)C(=O)CCC1CCCC1. The summed E-state index contributed by atoms with van der Waals surface area (Å²) in [6.45, 7) is 4.38. The molecule has 3 rings (SSSR count). The van der Waals surface area contributed by atoms with E-state index in [4.69, 9.17) is 0 Å². The van der Waals surface area contributed by atoms with Crippen molar-refractivity contribution in [3.8, 4) is 0 Å². The molecule has 0 atom stereocenters. The van der Waals surface area contributed by atoms with Crippen molar-refractivity contribution in [2.24, 2.45) is 5.92 Å². The molecule has 0 radical (unpaired) electrons. The highest BCUT2D eigenvalue weighted by molar-refractivity contribution is 5.76. The topological polar surface area (TPSA) is 25.2 Å². The maximum atomic E-state index is 13.2. The van der Waals surface area contributed by atoms with Gasteiger partial charge in [0.2, 0.25) is 5.91 Å². The molecule has 158 valence electrons. The van der Waals surface area contributed by atoms with E-state index in [0.717, 1.165) is 49.4 Å². The van der Waals surface area contributed by atoms with E-state index in [2.05, 4.69) is 22.5 Å². The first-order valence-corrected chi connectivity index (χ1v) is 11.3. The van der Waals surface area contributed by atoms with Gasteiger partial charge in [-0.05, 0) is 48.6 Å². The molecule has 4 heteroatoms. The van der Waals surface area contributed by atoms with Crippen molar-refractivity contribution in [1.82, 2.24) is 9.47 Å². The average Bonchev–Trinajstić information content (AvgIpc) is 3.39. The molecule has 1 saturated carbocycles. The molecule has 0 bridgehead atoms. The molecule has 0 unspecified atom stereocenters. The first-order valence-electron chi connectivity index (χ1n) is 11.3. The van der Waals surface area contributed by atoms with Crippen molar-refractivity contribution in [2.45, 2.75) is 77.8 Å². The van der Waals surface area contributed by atoms with Gasteiger partial charge in [-0.3, -0.25) is 4.79 Å². The Bertz CT molecular complexity index is 746. The second-order valence-electron chi connectivity index (χ2n) is 8.47. The number of carbonyl (C=O) groups excluding carboxylic acids is 1. The number of carbonyl (C=O) groups is 1. The highest BCUT2D eigenvalue weighted by Crippen LogP contribution is 2.29. The Balaban J connectivity index is 1.62.